The van der Waals surface area contributed by atoms with E-state index in [9.17, 15) is 4.79 Å². The second-order valence-electron chi connectivity index (χ2n) is 7.07. The maximum absolute atomic E-state index is 13.3. The van der Waals surface area contributed by atoms with E-state index in [4.69, 9.17) is 24.7 Å². The molecule has 8 heteroatoms. The lowest BCUT2D eigenvalue weighted by atomic mass is 9.75. The van der Waals surface area contributed by atoms with Gasteiger partial charge >= 0.3 is 5.97 Å². The number of carbonyl (C=O) groups excluding carboxylic acids is 1. The lowest BCUT2D eigenvalue weighted by Crippen LogP contribution is -2.59. The summed E-state index contributed by atoms with van der Waals surface area (Å²) in [7, 11) is 0. The van der Waals surface area contributed by atoms with Gasteiger partial charge in [-0.15, -0.1) is 0 Å². The number of carbonyl (C=O) groups is 1. The summed E-state index contributed by atoms with van der Waals surface area (Å²) in [6.45, 7) is 11.6. The fourth-order valence-electron chi connectivity index (χ4n) is 3.75. The average molecular weight is 436 g/mol. The third-order valence-corrected chi connectivity index (χ3v) is 5.02. The molecule has 8 nitrogen and oxygen atoms in total. The van der Waals surface area contributed by atoms with Crippen LogP contribution in [0.5, 0.6) is 0 Å². The Morgan fingerprint density at radius 3 is 1.60 bits per heavy atom. The molecule has 0 fully saturated rings. The normalized spacial score (nSPS) is 13.3. The number of hydrogen-bond acceptors (Lipinski definition) is 8. The van der Waals surface area contributed by atoms with E-state index in [-0.39, 0.29) is 5.97 Å². The number of nitrogens with two attached hydrogens (primary N) is 3. The standard InChI is InChI=1S/C22H45NO5.H4N2/c1-6-11-12-13-14-15-17-21(18-16-19-23,20(24)25-7-2)22(26-8-3,27-9-4)28-10-5;1-2/h6-19,23H2,1-5H3;1-2H2. The van der Waals surface area contributed by atoms with Crippen LogP contribution in [0.3, 0.4) is 0 Å². The summed E-state index contributed by atoms with van der Waals surface area (Å²) < 4.78 is 23.7. The third kappa shape index (κ3) is 10.0. The molecule has 0 aliphatic rings. The van der Waals surface area contributed by atoms with Crippen LogP contribution >= 0.6 is 0 Å². The quantitative estimate of drug-likeness (QED) is 0.0921. The Balaban J connectivity index is 0. The van der Waals surface area contributed by atoms with Gasteiger partial charge in [0.1, 0.15) is 5.41 Å². The highest BCUT2D eigenvalue weighted by molar-refractivity contribution is 5.78. The first-order valence-corrected chi connectivity index (χ1v) is 11.7. The Hall–Kier alpha value is -0.770. The number of hydrazine groups is 1. The topological polar surface area (TPSA) is 132 Å². The molecule has 0 aliphatic heterocycles. The molecule has 1 atom stereocenters. The summed E-state index contributed by atoms with van der Waals surface area (Å²) >= 11 is 0. The molecule has 0 bridgehead atoms. The van der Waals surface area contributed by atoms with E-state index in [0.29, 0.717) is 52.2 Å². The average Bonchev–Trinajstić information content (AvgIpc) is 2.75. The number of rotatable bonds is 19. The van der Waals surface area contributed by atoms with Crippen LogP contribution in [0.25, 0.3) is 0 Å². The van der Waals surface area contributed by atoms with Crippen LogP contribution in [-0.2, 0) is 23.7 Å². The Kier molecular flexibility index (Phi) is 21.1. The van der Waals surface area contributed by atoms with Gasteiger partial charge in [0.2, 0.25) is 0 Å². The second-order valence-corrected chi connectivity index (χ2v) is 7.07. The van der Waals surface area contributed by atoms with E-state index in [0.717, 1.165) is 19.3 Å². The van der Waals surface area contributed by atoms with E-state index in [1.54, 1.807) is 0 Å². The monoisotopic (exact) mass is 435 g/mol. The minimum absolute atomic E-state index is 0.306. The Morgan fingerprint density at radius 1 is 0.700 bits per heavy atom. The van der Waals surface area contributed by atoms with Crippen molar-refractivity contribution in [2.75, 3.05) is 33.0 Å². The highest BCUT2D eigenvalue weighted by Gasteiger charge is 2.60. The SMILES string of the molecule is CCCCCCCCC(CCCN)(C(=O)OCC)C(OCC)(OCC)OCC.NN. The summed E-state index contributed by atoms with van der Waals surface area (Å²) in [5.74, 6) is 6.24. The van der Waals surface area contributed by atoms with Crippen molar-refractivity contribution in [2.45, 2.75) is 98.4 Å². The smallest absolute Gasteiger partial charge is 0.320 e. The molecule has 182 valence electrons. The van der Waals surface area contributed by atoms with Gasteiger partial charge in [-0.3, -0.25) is 16.5 Å². The highest BCUT2D eigenvalue weighted by atomic mass is 16.9. The molecule has 0 aliphatic carbocycles. The molecule has 0 aromatic carbocycles. The predicted octanol–water partition coefficient (Wildman–Crippen LogP) is 3.61. The van der Waals surface area contributed by atoms with Crippen molar-refractivity contribution in [3.05, 3.63) is 0 Å². The van der Waals surface area contributed by atoms with Gasteiger partial charge in [0.15, 0.2) is 0 Å². The summed E-state index contributed by atoms with van der Waals surface area (Å²) in [6, 6.07) is 0. The molecular weight excluding hydrogens is 386 g/mol. The van der Waals surface area contributed by atoms with Crippen LogP contribution in [0.1, 0.15) is 92.4 Å². The van der Waals surface area contributed by atoms with Crippen molar-refractivity contribution in [1.29, 1.82) is 0 Å². The van der Waals surface area contributed by atoms with Crippen LogP contribution in [0.4, 0.5) is 0 Å². The number of esters is 1. The minimum atomic E-state index is -1.45. The molecular formula is C22H49N3O5. The summed E-state index contributed by atoms with van der Waals surface area (Å²) in [6.07, 6.45) is 8.57. The molecule has 0 aromatic rings. The van der Waals surface area contributed by atoms with Gasteiger partial charge < -0.3 is 24.7 Å². The Morgan fingerprint density at radius 2 is 1.17 bits per heavy atom. The Bertz CT molecular complexity index is 382. The van der Waals surface area contributed by atoms with Crippen LogP contribution in [0.15, 0.2) is 0 Å². The van der Waals surface area contributed by atoms with Crippen molar-refractivity contribution in [3.8, 4) is 0 Å². The fourth-order valence-corrected chi connectivity index (χ4v) is 3.75. The Labute approximate surface area is 184 Å². The third-order valence-electron chi connectivity index (χ3n) is 5.02. The fraction of sp³-hybridized carbons (Fsp3) is 0.955. The van der Waals surface area contributed by atoms with Crippen molar-refractivity contribution >= 4 is 5.97 Å². The molecule has 0 amide bonds. The molecule has 0 radical (unpaired) electrons. The van der Waals surface area contributed by atoms with E-state index in [1.165, 1.54) is 19.3 Å². The summed E-state index contributed by atoms with van der Waals surface area (Å²) in [5, 5.41) is 0. The summed E-state index contributed by atoms with van der Waals surface area (Å²) in [5.41, 5.74) is 4.78. The number of hydrogen-bond donors (Lipinski definition) is 3. The van der Waals surface area contributed by atoms with Crippen molar-refractivity contribution < 1.29 is 23.7 Å². The zero-order valence-electron chi connectivity index (χ0n) is 20.2. The van der Waals surface area contributed by atoms with Crippen LogP contribution in [0.2, 0.25) is 0 Å². The van der Waals surface area contributed by atoms with E-state index in [1.807, 2.05) is 27.7 Å². The van der Waals surface area contributed by atoms with Crippen molar-refractivity contribution in [1.82, 2.24) is 0 Å². The highest BCUT2D eigenvalue weighted by Crippen LogP contribution is 2.46. The summed E-state index contributed by atoms with van der Waals surface area (Å²) in [4.78, 5) is 13.3. The maximum Gasteiger partial charge on any atom is 0.320 e. The first-order valence-electron chi connectivity index (χ1n) is 11.7. The van der Waals surface area contributed by atoms with E-state index < -0.39 is 11.4 Å². The maximum atomic E-state index is 13.3. The largest absolute Gasteiger partial charge is 0.465 e. The van der Waals surface area contributed by atoms with Crippen LogP contribution in [-0.4, -0.2) is 44.9 Å². The van der Waals surface area contributed by atoms with E-state index >= 15 is 0 Å². The molecule has 0 saturated heterocycles. The predicted molar refractivity (Wildman–Crippen MR) is 121 cm³/mol. The molecule has 0 aromatic heterocycles. The second kappa shape index (κ2) is 20.2. The molecule has 0 heterocycles. The van der Waals surface area contributed by atoms with Gasteiger partial charge in [-0.1, -0.05) is 45.4 Å². The zero-order chi connectivity index (χ0) is 23.3. The first-order chi connectivity index (χ1) is 14.5. The van der Waals surface area contributed by atoms with Gasteiger partial charge in [-0.25, -0.2) is 0 Å². The molecule has 0 saturated carbocycles. The molecule has 6 N–H and O–H groups in total. The minimum Gasteiger partial charge on any atom is -0.465 e. The lowest BCUT2D eigenvalue weighted by molar-refractivity contribution is -0.423. The first kappa shape index (κ1) is 31.4. The van der Waals surface area contributed by atoms with Crippen LogP contribution in [0, 0.1) is 5.41 Å². The molecule has 30 heavy (non-hydrogen) atoms. The van der Waals surface area contributed by atoms with Gasteiger partial charge in [-0.2, -0.15) is 0 Å². The lowest BCUT2D eigenvalue weighted by Gasteiger charge is -2.46. The molecule has 1 unspecified atom stereocenters. The number of ether oxygens (including phenoxy) is 4. The van der Waals surface area contributed by atoms with Crippen LogP contribution < -0.4 is 17.4 Å². The molecule has 0 spiro atoms. The van der Waals surface area contributed by atoms with Crippen molar-refractivity contribution in [2.24, 2.45) is 22.8 Å². The molecule has 0 rings (SSSR count). The van der Waals surface area contributed by atoms with Gasteiger partial charge in [0, 0.05) is 19.8 Å². The van der Waals surface area contributed by atoms with Gasteiger partial charge in [-0.05, 0) is 53.5 Å². The van der Waals surface area contributed by atoms with Gasteiger partial charge in [0.25, 0.3) is 5.97 Å². The van der Waals surface area contributed by atoms with Gasteiger partial charge in [0.05, 0.1) is 6.61 Å². The number of unbranched alkanes of at least 4 members (excludes halogenated alkanes) is 5. The van der Waals surface area contributed by atoms with Crippen molar-refractivity contribution in [3.63, 3.8) is 0 Å². The zero-order valence-corrected chi connectivity index (χ0v) is 20.2. The van der Waals surface area contributed by atoms with E-state index in [2.05, 4.69) is 18.6 Å².